The maximum atomic E-state index is 12.8. The molecule has 0 aromatic heterocycles. The molecular weight excluding hydrogens is 435 g/mol. The zero-order valence-corrected chi connectivity index (χ0v) is 19.6. The van der Waals surface area contributed by atoms with Gasteiger partial charge in [-0.1, -0.05) is 6.07 Å². The molecule has 0 spiro atoms. The topological polar surface area (TPSA) is 61.9 Å². The van der Waals surface area contributed by atoms with Gasteiger partial charge in [-0.3, -0.25) is 4.79 Å². The van der Waals surface area contributed by atoms with Crippen LogP contribution in [0, 0.1) is 5.92 Å². The number of likely N-dealkylation sites (tertiary alicyclic amines) is 1. The van der Waals surface area contributed by atoms with Crippen LogP contribution in [0.3, 0.4) is 0 Å². The molecule has 1 aromatic rings. The van der Waals surface area contributed by atoms with Crippen LogP contribution in [0.4, 0.5) is 23.7 Å². The highest BCUT2D eigenvalue weighted by Gasteiger charge is 2.42. The average molecular weight is 470 g/mol. The van der Waals surface area contributed by atoms with Crippen LogP contribution in [0.1, 0.15) is 51.2 Å². The normalized spacial score (nSPS) is 17.9. The molecule has 6 nitrogen and oxygen atoms in total. The lowest BCUT2D eigenvalue weighted by Crippen LogP contribution is -2.42. The van der Waals surface area contributed by atoms with Crippen LogP contribution in [0.5, 0.6) is 0 Å². The molecule has 1 N–H and O–H groups in total. The second-order valence-electron chi connectivity index (χ2n) is 9.90. The van der Waals surface area contributed by atoms with Crippen LogP contribution in [-0.2, 0) is 22.4 Å². The molecule has 2 aliphatic rings. The first-order valence-electron chi connectivity index (χ1n) is 11.6. The van der Waals surface area contributed by atoms with E-state index < -0.39 is 17.7 Å². The molecule has 1 fully saturated rings. The van der Waals surface area contributed by atoms with Crippen LogP contribution >= 0.6 is 0 Å². The minimum Gasteiger partial charge on any atom is -0.444 e. The summed E-state index contributed by atoms with van der Waals surface area (Å²) in [5, 5.41) is 3.42. The van der Waals surface area contributed by atoms with Crippen molar-refractivity contribution >= 4 is 17.7 Å². The van der Waals surface area contributed by atoms with Crippen molar-refractivity contribution in [1.82, 2.24) is 9.80 Å². The first-order chi connectivity index (χ1) is 15.4. The summed E-state index contributed by atoms with van der Waals surface area (Å²) in [6.07, 6.45) is -1.38. The number of fused-ring (bicyclic) bond motifs is 1. The highest BCUT2D eigenvalue weighted by Crippen LogP contribution is 2.25. The fourth-order valence-electron chi connectivity index (χ4n) is 4.37. The largest absolute Gasteiger partial charge is 0.471 e. The third-order valence-corrected chi connectivity index (χ3v) is 6.19. The van der Waals surface area contributed by atoms with Gasteiger partial charge in [-0.05, 0) is 82.1 Å². The Morgan fingerprint density at radius 2 is 1.64 bits per heavy atom. The van der Waals surface area contributed by atoms with E-state index in [9.17, 15) is 22.8 Å². The van der Waals surface area contributed by atoms with Crippen LogP contribution in [0.25, 0.3) is 0 Å². The highest BCUT2D eigenvalue weighted by molar-refractivity contribution is 5.82. The van der Waals surface area contributed by atoms with E-state index in [4.69, 9.17) is 4.74 Å². The Hall–Kier alpha value is -2.45. The lowest BCUT2D eigenvalue weighted by Gasteiger charge is -2.33. The Bertz CT molecular complexity index is 844. The first-order valence-corrected chi connectivity index (χ1v) is 11.6. The van der Waals surface area contributed by atoms with Gasteiger partial charge in [0.2, 0.25) is 0 Å². The average Bonchev–Trinajstić information content (AvgIpc) is 2.94. The third-order valence-electron chi connectivity index (χ3n) is 6.19. The quantitative estimate of drug-likeness (QED) is 0.699. The van der Waals surface area contributed by atoms with E-state index >= 15 is 0 Å². The number of anilines is 1. The van der Waals surface area contributed by atoms with Gasteiger partial charge in [0.05, 0.1) is 0 Å². The molecule has 9 heteroatoms. The van der Waals surface area contributed by atoms with Crippen molar-refractivity contribution in [3.8, 4) is 0 Å². The van der Waals surface area contributed by atoms with Crippen LogP contribution in [0.2, 0.25) is 0 Å². The minimum absolute atomic E-state index is 0.0744. The molecule has 2 amide bonds. The van der Waals surface area contributed by atoms with Gasteiger partial charge < -0.3 is 19.9 Å². The van der Waals surface area contributed by atoms with E-state index in [1.165, 1.54) is 0 Å². The SMILES string of the molecule is CC(C)(C)OC(=O)N1CCC(CCNc2ccc3c(c2)CCN(C(=O)C(F)(F)F)CC3)CC1. The lowest BCUT2D eigenvalue weighted by molar-refractivity contribution is -0.185. The highest BCUT2D eigenvalue weighted by atomic mass is 19.4. The Morgan fingerprint density at radius 1 is 1.00 bits per heavy atom. The van der Waals surface area contributed by atoms with E-state index in [0.717, 1.165) is 47.5 Å². The van der Waals surface area contributed by atoms with Gasteiger partial charge in [0.15, 0.2) is 0 Å². The maximum Gasteiger partial charge on any atom is 0.471 e. The summed E-state index contributed by atoms with van der Waals surface area (Å²) in [4.78, 5) is 26.4. The molecule has 33 heavy (non-hydrogen) atoms. The van der Waals surface area contributed by atoms with E-state index in [0.29, 0.717) is 31.8 Å². The second-order valence-corrected chi connectivity index (χ2v) is 9.90. The molecule has 0 radical (unpaired) electrons. The number of hydrogen-bond acceptors (Lipinski definition) is 4. The number of hydrogen-bond donors (Lipinski definition) is 1. The maximum absolute atomic E-state index is 12.8. The Kier molecular flexibility index (Phi) is 7.80. The third kappa shape index (κ3) is 7.27. The van der Waals surface area contributed by atoms with Gasteiger partial charge in [-0.2, -0.15) is 13.2 Å². The zero-order valence-electron chi connectivity index (χ0n) is 19.6. The molecule has 3 rings (SSSR count). The second kappa shape index (κ2) is 10.2. The molecule has 2 aliphatic heterocycles. The molecule has 0 saturated carbocycles. The predicted octanol–water partition coefficient (Wildman–Crippen LogP) is 4.63. The van der Waals surface area contributed by atoms with Crippen LogP contribution < -0.4 is 5.32 Å². The summed E-state index contributed by atoms with van der Waals surface area (Å²) < 4.78 is 43.7. The molecule has 0 bridgehead atoms. The van der Waals surface area contributed by atoms with Gasteiger partial charge >= 0.3 is 18.2 Å². The Labute approximate surface area is 193 Å². The van der Waals surface area contributed by atoms with Crippen molar-refractivity contribution in [2.24, 2.45) is 5.92 Å². The number of ether oxygens (including phenoxy) is 1. The number of carbonyl (C=O) groups is 2. The molecule has 0 aliphatic carbocycles. The van der Waals surface area contributed by atoms with E-state index in [1.807, 2.05) is 39.0 Å². The number of nitrogens with one attached hydrogen (secondary N) is 1. The summed E-state index contributed by atoms with van der Waals surface area (Å²) in [5.41, 5.74) is 2.43. The van der Waals surface area contributed by atoms with E-state index in [-0.39, 0.29) is 19.2 Å². The van der Waals surface area contributed by atoms with Crippen molar-refractivity contribution in [2.75, 3.05) is 38.0 Å². The summed E-state index contributed by atoms with van der Waals surface area (Å²) >= 11 is 0. The van der Waals surface area contributed by atoms with Gasteiger partial charge in [-0.25, -0.2) is 4.79 Å². The van der Waals surface area contributed by atoms with E-state index in [1.54, 1.807) is 4.90 Å². The fraction of sp³-hybridized carbons (Fsp3) is 0.667. The van der Waals surface area contributed by atoms with Crippen LogP contribution in [0.15, 0.2) is 18.2 Å². The summed E-state index contributed by atoms with van der Waals surface area (Å²) in [6, 6.07) is 5.88. The van der Waals surface area contributed by atoms with Crippen molar-refractivity contribution in [2.45, 2.75) is 64.7 Å². The van der Waals surface area contributed by atoms with Gasteiger partial charge in [-0.15, -0.1) is 0 Å². The summed E-state index contributed by atoms with van der Waals surface area (Å²) in [5.74, 6) is -1.23. The number of carbonyl (C=O) groups excluding carboxylic acids is 2. The number of alkyl halides is 3. The van der Waals surface area contributed by atoms with Gasteiger partial charge in [0.25, 0.3) is 0 Å². The first kappa shape index (κ1) is 25.2. The summed E-state index contributed by atoms with van der Waals surface area (Å²) in [6.45, 7) is 7.94. The zero-order chi connectivity index (χ0) is 24.2. The molecule has 0 unspecified atom stereocenters. The molecule has 1 saturated heterocycles. The minimum atomic E-state index is -4.83. The fourth-order valence-corrected chi connectivity index (χ4v) is 4.37. The number of benzene rings is 1. The number of halogens is 3. The van der Waals surface area contributed by atoms with Gasteiger partial charge in [0, 0.05) is 38.4 Å². The van der Waals surface area contributed by atoms with E-state index in [2.05, 4.69) is 5.32 Å². The number of amides is 2. The van der Waals surface area contributed by atoms with Crippen molar-refractivity contribution in [3.05, 3.63) is 29.3 Å². The Balaban J connectivity index is 1.44. The number of piperidine rings is 1. The molecular formula is C24H34F3N3O3. The number of rotatable bonds is 4. The standard InChI is InChI=1S/C24H34F3N3O3/c1-23(2,3)33-22(32)30-12-7-17(8-13-30)6-11-28-20-5-4-18-9-14-29(15-10-19(18)16-20)21(31)24(25,26)27/h4-5,16-17,28H,6-15H2,1-3H3. The van der Waals surface area contributed by atoms with Crippen LogP contribution in [-0.4, -0.2) is 66.3 Å². The molecule has 0 atom stereocenters. The smallest absolute Gasteiger partial charge is 0.444 e. The van der Waals surface area contributed by atoms with Crippen molar-refractivity contribution in [1.29, 1.82) is 0 Å². The number of nitrogens with zero attached hydrogens (tertiary/aromatic N) is 2. The molecule has 184 valence electrons. The monoisotopic (exact) mass is 469 g/mol. The Morgan fingerprint density at radius 3 is 2.24 bits per heavy atom. The summed E-state index contributed by atoms with van der Waals surface area (Å²) in [7, 11) is 0. The predicted molar refractivity (Wildman–Crippen MR) is 120 cm³/mol. The lowest BCUT2D eigenvalue weighted by atomic mass is 9.93. The molecule has 2 heterocycles. The van der Waals surface area contributed by atoms with Crippen molar-refractivity contribution < 1.29 is 27.5 Å². The van der Waals surface area contributed by atoms with Crippen molar-refractivity contribution in [3.63, 3.8) is 0 Å². The molecule has 1 aromatic carbocycles. The van der Waals surface area contributed by atoms with Gasteiger partial charge in [0.1, 0.15) is 5.60 Å².